The lowest BCUT2D eigenvalue weighted by Gasteiger charge is -2.15. The van der Waals surface area contributed by atoms with Crippen LogP contribution >= 0.6 is 34.2 Å². The molecule has 0 heterocycles. The van der Waals surface area contributed by atoms with Gasteiger partial charge in [0.1, 0.15) is 0 Å². The fourth-order valence-corrected chi connectivity index (χ4v) is 2.06. The van der Waals surface area contributed by atoms with Crippen LogP contribution in [0.25, 0.3) is 0 Å². The lowest BCUT2D eigenvalue weighted by atomic mass is 10.1. The Bertz CT molecular complexity index is 260. The minimum Gasteiger partial charge on any atom is -0.373 e. The Balaban J connectivity index is 2.64. The molecular weight excluding hydrogens is 310 g/mol. The highest BCUT2D eigenvalue weighted by atomic mass is 127. The average molecular weight is 325 g/mol. The minimum absolute atomic E-state index is 0.202. The standard InChI is InChI=1S/C11H14ClIO/c1-2-7-14-11(8-13)9-3-5-10(12)6-4-9/h3-6,11H,2,7-8H2,1H3. The van der Waals surface area contributed by atoms with Gasteiger partial charge in [0.25, 0.3) is 0 Å². The van der Waals surface area contributed by atoms with Crippen LogP contribution in [0.15, 0.2) is 24.3 Å². The molecule has 0 fully saturated rings. The molecule has 1 aromatic carbocycles. The Morgan fingerprint density at radius 1 is 1.36 bits per heavy atom. The van der Waals surface area contributed by atoms with Crippen molar-refractivity contribution in [2.24, 2.45) is 0 Å². The number of alkyl halides is 1. The third kappa shape index (κ3) is 3.75. The van der Waals surface area contributed by atoms with E-state index in [1.165, 1.54) is 5.56 Å². The summed E-state index contributed by atoms with van der Waals surface area (Å²) >= 11 is 8.16. The summed E-state index contributed by atoms with van der Waals surface area (Å²) in [5.74, 6) is 0. The molecule has 1 atom stereocenters. The number of halogens is 2. The van der Waals surface area contributed by atoms with E-state index in [1.807, 2.05) is 24.3 Å². The molecule has 0 amide bonds. The summed E-state index contributed by atoms with van der Waals surface area (Å²) in [5.41, 5.74) is 1.21. The van der Waals surface area contributed by atoms with E-state index >= 15 is 0 Å². The maximum atomic E-state index is 5.82. The van der Waals surface area contributed by atoms with Gasteiger partial charge in [-0.2, -0.15) is 0 Å². The maximum Gasteiger partial charge on any atom is 0.0914 e. The van der Waals surface area contributed by atoms with Crippen molar-refractivity contribution < 1.29 is 4.74 Å². The molecular formula is C11H14ClIO. The van der Waals surface area contributed by atoms with Gasteiger partial charge in [-0.3, -0.25) is 0 Å². The van der Waals surface area contributed by atoms with Crippen LogP contribution in [0, 0.1) is 0 Å². The molecule has 0 aliphatic heterocycles. The van der Waals surface area contributed by atoms with E-state index < -0.39 is 0 Å². The molecule has 78 valence electrons. The molecule has 0 saturated carbocycles. The summed E-state index contributed by atoms with van der Waals surface area (Å²) in [6, 6.07) is 7.87. The van der Waals surface area contributed by atoms with Crippen molar-refractivity contribution in [2.45, 2.75) is 19.4 Å². The Kier molecular flexibility index (Phi) is 5.82. The van der Waals surface area contributed by atoms with Crippen molar-refractivity contribution in [3.63, 3.8) is 0 Å². The predicted molar refractivity (Wildman–Crippen MR) is 69.3 cm³/mol. The van der Waals surface area contributed by atoms with Crippen LogP contribution in [-0.4, -0.2) is 11.0 Å². The molecule has 1 aromatic rings. The molecule has 1 nitrogen and oxygen atoms in total. The first-order valence-electron chi connectivity index (χ1n) is 4.71. The Hall–Kier alpha value is 0.200. The molecule has 1 unspecified atom stereocenters. The number of benzene rings is 1. The maximum absolute atomic E-state index is 5.82. The second-order valence-electron chi connectivity index (χ2n) is 3.07. The zero-order chi connectivity index (χ0) is 10.4. The van der Waals surface area contributed by atoms with E-state index in [4.69, 9.17) is 16.3 Å². The molecule has 14 heavy (non-hydrogen) atoms. The number of hydrogen-bond acceptors (Lipinski definition) is 1. The van der Waals surface area contributed by atoms with Crippen molar-refractivity contribution in [3.8, 4) is 0 Å². The van der Waals surface area contributed by atoms with Gasteiger partial charge in [-0.15, -0.1) is 0 Å². The molecule has 0 spiro atoms. The summed E-state index contributed by atoms with van der Waals surface area (Å²) < 4.78 is 6.69. The van der Waals surface area contributed by atoms with Gasteiger partial charge in [-0.1, -0.05) is 53.2 Å². The Morgan fingerprint density at radius 3 is 2.50 bits per heavy atom. The van der Waals surface area contributed by atoms with Gasteiger partial charge in [0.05, 0.1) is 6.10 Å². The molecule has 0 aromatic heterocycles. The summed E-state index contributed by atoms with van der Waals surface area (Å²) in [6.07, 6.45) is 1.26. The van der Waals surface area contributed by atoms with Crippen LogP contribution in [0.4, 0.5) is 0 Å². The van der Waals surface area contributed by atoms with Gasteiger partial charge < -0.3 is 4.74 Å². The van der Waals surface area contributed by atoms with Crippen LogP contribution in [-0.2, 0) is 4.74 Å². The van der Waals surface area contributed by atoms with Gasteiger partial charge in [0.15, 0.2) is 0 Å². The average Bonchev–Trinajstić information content (AvgIpc) is 2.21. The summed E-state index contributed by atoms with van der Waals surface area (Å²) in [5, 5.41) is 0.774. The summed E-state index contributed by atoms with van der Waals surface area (Å²) in [6.45, 7) is 2.93. The smallest absolute Gasteiger partial charge is 0.0914 e. The predicted octanol–water partition coefficient (Wildman–Crippen LogP) is 4.24. The third-order valence-corrected chi connectivity index (χ3v) is 2.96. The zero-order valence-electron chi connectivity index (χ0n) is 8.17. The van der Waals surface area contributed by atoms with Crippen molar-refractivity contribution in [1.29, 1.82) is 0 Å². The van der Waals surface area contributed by atoms with E-state index in [-0.39, 0.29) is 6.10 Å². The van der Waals surface area contributed by atoms with Gasteiger partial charge in [-0.25, -0.2) is 0 Å². The van der Waals surface area contributed by atoms with Gasteiger partial charge >= 0.3 is 0 Å². The third-order valence-electron chi connectivity index (χ3n) is 1.91. The fourth-order valence-electron chi connectivity index (χ4n) is 1.17. The first-order chi connectivity index (χ1) is 6.77. The van der Waals surface area contributed by atoms with Crippen LogP contribution < -0.4 is 0 Å². The fraction of sp³-hybridized carbons (Fsp3) is 0.455. The lowest BCUT2D eigenvalue weighted by molar-refractivity contribution is 0.0715. The molecule has 0 N–H and O–H groups in total. The monoisotopic (exact) mass is 324 g/mol. The van der Waals surface area contributed by atoms with E-state index in [2.05, 4.69) is 29.5 Å². The first-order valence-corrected chi connectivity index (χ1v) is 6.61. The summed E-state index contributed by atoms with van der Waals surface area (Å²) in [4.78, 5) is 0. The molecule has 0 radical (unpaired) electrons. The lowest BCUT2D eigenvalue weighted by Crippen LogP contribution is -2.06. The summed E-state index contributed by atoms with van der Waals surface area (Å²) in [7, 11) is 0. The van der Waals surface area contributed by atoms with Gasteiger partial charge in [-0.05, 0) is 24.1 Å². The van der Waals surface area contributed by atoms with Crippen molar-refractivity contribution in [3.05, 3.63) is 34.9 Å². The first kappa shape index (κ1) is 12.3. The second-order valence-corrected chi connectivity index (χ2v) is 4.38. The van der Waals surface area contributed by atoms with E-state index in [0.717, 1.165) is 22.5 Å². The molecule has 0 aliphatic rings. The molecule has 0 aliphatic carbocycles. The van der Waals surface area contributed by atoms with Gasteiger partial charge in [0.2, 0.25) is 0 Å². The van der Waals surface area contributed by atoms with Gasteiger partial charge in [0, 0.05) is 16.1 Å². The van der Waals surface area contributed by atoms with Crippen LogP contribution in [0.3, 0.4) is 0 Å². The normalized spacial score (nSPS) is 12.8. The minimum atomic E-state index is 0.202. The van der Waals surface area contributed by atoms with Crippen LogP contribution in [0.1, 0.15) is 25.0 Å². The van der Waals surface area contributed by atoms with Crippen LogP contribution in [0.2, 0.25) is 5.02 Å². The Morgan fingerprint density at radius 2 is 2.00 bits per heavy atom. The molecule has 3 heteroatoms. The van der Waals surface area contributed by atoms with Crippen LogP contribution in [0.5, 0.6) is 0 Å². The van der Waals surface area contributed by atoms with E-state index in [0.29, 0.717) is 0 Å². The van der Waals surface area contributed by atoms with Crippen molar-refractivity contribution in [1.82, 2.24) is 0 Å². The Labute approximate surface area is 104 Å². The number of rotatable bonds is 5. The second kappa shape index (κ2) is 6.64. The zero-order valence-corrected chi connectivity index (χ0v) is 11.1. The highest BCUT2D eigenvalue weighted by molar-refractivity contribution is 14.1. The molecule has 0 saturated heterocycles. The largest absolute Gasteiger partial charge is 0.373 e. The highest BCUT2D eigenvalue weighted by Crippen LogP contribution is 2.21. The molecule has 1 rings (SSSR count). The SMILES string of the molecule is CCCOC(CI)c1ccc(Cl)cc1. The quantitative estimate of drug-likeness (QED) is 0.581. The van der Waals surface area contributed by atoms with E-state index in [9.17, 15) is 0 Å². The molecule has 0 bridgehead atoms. The number of hydrogen-bond donors (Lipinski definition) is 0. The highest BCUT2D eigenvalue weighted by Gasteiger charge is 2.09. The van der Waals surface area contributed by atoms with Crippen molar-refractivity contribution >= 4 is 34.2 Å². The van der Waals surface area contributed by atoms with E-state index in [1.54, 1.807) is 0 Å². The number of ether oxygens (including phenoxy) is 1. The van der Waals surface area contributed by atoms with Crippen molar-refractivity contribution in [2.75, 3.05) is 11.0 Å². The topological polar surface area (TPSA) is 9.23 Å².